The summed E-state index contributed by atoms with van der Waals surface area (Å²) >= 11 is 5.58. The minimum atomic E-state index is -4.33. The van der Waals surface area contributed by atoms with Crippen LogP contribution < -0.4 is 21.4 Å². The normalized spacial score (nSPS) is 14.3. The van der Waals surface area contributed by atoms with E-state index in [0.29, 0.717) is 21.7 Å². The van der Waals surface area contributed by atoms with Crippen LogP contribution in [0.2, 0.25) is 5.28 Å². The molecule has 37 heteroatoms. The summed E-state index contributed by atoms with van der Waals surface area (Å²) in [6.45, 7) is 27.3. The van der Waals surface area contributed by atoms with Crippen molar-refractivity contribution in [3.63, 3.8) is 0 Å². The van der Waals surface area contributed by atoms with Gasteiger partial charge in [0.2, 0.25) is 5.28 Å². The Balaban J connectivity index is 0.000000197. The number of aromatic nitrogens is 9. The monoisotopic (exact) mass is 1660 g/mol. The average Bonchev–Trinajstić information content (AvgIpc) is 1.58. The van der Waals surface area contributed by atoms with Crippen LogP contribution in [0.3, 0.4) is 0 Å². The van der Waals surface area contributed by atoms with E-state index in [1.807, 2.05) is 76.2 Å². The number of carboxylic acid groups (broad SMARTS) is 3. The Labute approximate surface area is 662 Å². The summed E-state index contributed by atoms with van der Waals surface area (Å²) in [5.74, 6) is -11.6. The van der Waals surface area contributed by atoms with E-state index in [1.165, 1.54) is 36.7 Å². The van der Waals surface area contributed by atoms with Crippen LogP contribution in [0.5, 0.6) is 0 Å². The number of rotatable bonds is 19. The van der Waals surface area contributed by atoms with E-state index in [1.54, 1.807) is 52.0 Å². The Morgan fingerprint density at radius 1 is 0.504 bits per heavy atom. The Bertz CT molecular complexity index is 5710. The van der Waals surface area contributed by atoms with Gasteiger partial charge in [0.15, 0.2) is 58.2 Å². The predicted octanol–water partition coefficient (Wildman–Crippen LogP) is 16.7. The van der Waals surface area contributed by atoms with Crippen molar-refractivity contribution in [2.45, 2.75) is 170 Å². The summed E-state index contributed by atoms with van der Waals surface area (Å²) in [7, 11) is -9.45. The lowest BCUT2D eigenvalue weighted by Gasteiger charge is -2.32. The number of nitrogens with one attached hydrogen (secondary N) is 4. The first-order valence-electron chi connectivity index (χ1n) is 34.9. The fourth-order valence-electron chi connectivity index (χ4n) is 11.6. The zero-order valence-corrected chi connectivity index (χ0v) is 66.6. The number of carboxylic acids is 3. The van der Waals surface area contributed by atoms with Crippen LogP contribution in [0.4, 0.5) is 57.0 Å². The number of carbonyl (C=O) groups is 3. The quantitative estimate of drug-likeness (QED) is 0.0225. The largest absolute Gasteiger partial charge is 0.497 e. The lowest BCUT2D eigenvalue weighted by Crippen LogP contribution is -2.41. The molecule has 3 unspecified atom stereocenters. The molecule has 1 saturated heterocycles. The average molecular weight is 1660 g/mol. The van der Waals surface area contributed by atoms with E-state index in [0.717, 1.165) is 64.2 Å². The minimum Gasteiger partial charge on any atom is -0.481 e. The summed E-state index contributed by atoms with van der Waals surface area (Å²) in [6.07, 6.45) is 5.67. The van der Waals surface area contributed by atoms with Gasteiger partial charge in [-0.1, -0.05) is 105 Å². The molecule has 7 heterocycles. The zero-order chi connectivity index (χ0) is 84.6. The van der Waals surface area contributed by atoms with E-state index in [2.05, 4.69) is 50.8 Å². The van der Waals surface area contributed by atoms with Crippen LogP contribution in [0, 0.1) is 82.4 Å². The van der Waals surface area contributed by atoms with Crippen molar-refractivity contribution in [2.75, 3.05) is 16.0 Å². The molecule has 1 fully saturated rings. The molecule has 0 aliphatic carbocycles. The molecule has 12 rings (SSSR count). The molecule has 7 N–H and O–H groups in total. The fraction of sp³-hybridized carbons (Fsp3) is 0.346. The van der Waals surface area contributed by atoms with Gasteiger partial charge in [-0.05, 0) is 112 Å². The van der Waals surface area contributed by atoms with Gasteiger partial charge in [-0.15, -0.1) is 0 Å². The van der Waals surface area contributed by atoms with Gasteiger partial charge in [0.25, 0.3) is 20.0 Å². The van der Waals surface area contributed by atoms with Crippen molar-refractivity contribution in [1.29, 1.82) is 0 Å². The Morgan fingerprint density at radius 3 is 1.25 bits per heavy atom. The summed E-state index contributed by atoms with van der Waals surface area (Å²) < 4.78 is 195. The fourth-order valence-corrected chi connectivity index (χ4v) is 14.5. The van der Waals surface area contributed by atoms with Gasteiger partial charge >= 0.3 is 25.0 Å². The molecule has 5 aromatic carbocycles. The molecule has 1 aliphatic heterocycles. The SMILES string of the molecule is C.CC(C)(C)C(CC(=O)O)Nc1nc(-c2c[nH]c3c(F)cc(F)cc23)ncc1F.CC(C)(C)C(CC(=O)O)Nc1nc(Cl)ncc1F.Cc1ccc(S(=O)(=O)n2cc(-c3ncc(F)c(NC(CC(=O)O)C(C)(C)C)n3)c3cc(F)cc(F)c32)cc1.Cc1ccc(S(=O)(=O)n2cc(B3OC(C)(C)C(C)(C)O3)c3cc(F)cc(F)c32)cc1. The third kappa shape index (κ3) is 20.7. The van der Waals surface area contributed by atoms with E-state index in [-0.39, 0.29) is 114 Å². The molecule has 0 saturated carbocycles. The van der Waals surface area contributed by atoms with Gasteiger partial charge in [0.05, 0.1) is 69.9 Å². The van der Waals surface area contributed by atoms with E-state index in [9.17, 15) is 71.4 Å². The molecule has 3 atom stereocenters. The maximum atomic E-state index is 15.0. The second kappa shape index (κ2) is 34.4. The molecule has 0 radical (unpaired) electrons. The van der Waals surface area contributed by atoms with Gasteiger partial charge in [-0.3, -0.25) is 14.4 Å². The lowest BCUT2D eigenvalue weighted by atomic mass is 9.79. The van der Waals surface area contributed by atoms with Crippen molar-refractivity contribution in [3.8, 4) is 22.8 Å². The molecular weight excluding hydrogens is 1580 g/mol. The van der Waals surface area contributed by atoms with Gasteiger partial charge in [-0.2, -0.15) is 4.98 Å². The third-order valence-electron chi connectivity index (χ3n) is 18.9. The highest BCUT2D eigenvalue weighted by Crippen LogP contribution is 2.40. The van der Waals surface area contributed by atoms with Crippen molar-refractivity contribution in [3.05, 3.63) is 191 Å². The first kappa shape index (κ1) is 89.9. The lowest BCUT2D eigenvalue weighted by molar-refractivity contribution is -0.138. The number of hydrogen-bond donors (Lipinski definition) is 7. The van der Waals surface area contributed by atoms with Crippen molar-refractivity contribution in [2.24, 2.45) is 16.2 Å². The number of hydrogen-bond acceptors (Lipinski definition) is 18. The first-order valence-corrected chi connectivity index (χ1v) is 38.2. The molecule has 0 amide bonds. The Morgan fingerprint density at radius 2 is 0.852 bits per heavy atom. The molecular formula is C78H85BClF9N12O12S2. The molecule has 1 aliphatic rings. The molecule has 0 spiro atoms. The number of aromatic amines is 1. The molecule has 24 nitrogen and oxygen atoms in total. The molecule has 614 valence electrons. The highest BCUT2D eigenvalue weighted by atomic mass is 35.5. The summed E-state index contributed by atoms with van der Waals surface area (Å²) in [5.41, 5.74) is -1.30. The van der Waals surface area contributed by atoms with Crippen molar-refractivity contribution in [1.82, 2.24) is 42.8 Å². The second-order valence-corrected chi connectivity index (χ2v) is 35.1. The topological polar surface area (TPSA) is 338 Å². The number of aryl methyl sites for hydroxylation is 2. The molecule has 0 bridgehead atoms. The maximum Gasteiger partial charge on any atom is 0.497 e. The summed E-state index contributed by atoms with van der Waals surface area (Å²) in [6, 6.07) is 15.4. The van der Waals surface area contributed by atoms with Gasteiger partial charge in [-0.25, -0.2) is 89.2 Å². The summed E-state index contributed by atoms with van der Waals surface area (Å²) in [5, 5.41) is 35.7. The van der Waals surface area contributed by atoms with Crippen LogP contribution in [0.15, 0.2) is 132 Å². The van der Waals surface area contributed by atoms with E-state index in [4.69, 9.17) is 31.1 Å². The van der Waals surface area contributed by atoms with Gasteiger partial charge in [0, 0.05) is 87.7 Å². The van der Waals surface area contributed by atoms with Crippen LogP contribution in [-0.2, 0) is 43.7 Å². The van der Waals surface area contributed by atoms with Crippen molar-refractivity contribution >= 4 is 112 Å². The smallest absolute Gasteiger partial charge is 0.481 e. The molecule has 6 aromatic heterocycles. The van der Waals surface area contributed by atoms with E-state index < -0.39 is 143 Å². The Hall–Kier alpha value is -10.7. The number of halogens is 10. The van der Waals surface area contributed by atoms with Crippen LogP contribution in [0.25, 0.3) is 55.5 Å². The number of anilines is 3. The third-order valence-corrected chi connectivity index (χ3v) is 22.4. The highest BCUT2D eigenvalue weighted by Gasteiger charge is 2.53. The number of aliphatic carboxylic acids is 3. The standard InChI is InChI=1S/C26H25F3N4O4S.C21H22BF2NO4S.C19H19F3N4O2.C11H15ClFN3O2.CH4/c1-14-5-7-16(8-6-14)38(36,37)33-13-18(17-9-15(27)10-19(28)23(17)33)24-30-12-20(29)25(32-24)31-21(11-22(34)35)26(2,3)4;1-13-6-8-15(9-7-13)30(26,27)25-12-17(16-10-14(23)11-18(24)19(16)25)22-28-20(2,3)21(4,5)29-22;1-19(2,3)14(6-15(27)28)25-18-13(22)8-24-17(26-18)11-7-23-16-10(11)4-9(20)5-12(16)21;1-11(2,3)7(4-8(17)18)15-9-6(13)5-14-10(12)16-9;/h5-10,12-13,21H,11H2,1-4H3,(H,34,35)(H,30,31,32);6-12H,1-5H3;4-5,7-8,14,23H,6H2,1-3H3,(H,27,28)(H,24,25,26);5,7H,4H2,1-3H3,(H,17,18)(H,14,15,16);1H4. The number of nitrogens with zero attached hydrogens (tertiary/aromatic N) is 8. The predicted molar refractivity (Wildman–Crippen MR) is 418 cm³/mol. The highest BCUT2D eigenvalue weighted by molar-refractivity contribution is 7.90. The number of H-pyrrole nitrogens is 1. The van der Waals surface area contributed by atoms with Crippen LogP contribution in [0.1, 0.15) is 128 Å². The van der Waals surface area contributed by atoms with Gasteiger partial charge < -0.3 is 45.6 Å². The van der Waals surface area contributed by atoms with E-state index >= 15 is 4.39 Å². The summed E-state index contributed by atoms with van der Waals surface area (Å²) in [4.78, 5) is 59.2. The maximum absolute atomic E-state index is 15.0. The Kier molecular flexibility index (Phi) is 26.9. The first-order chi connectivity index (χ1) is 52.8. The number of benzene rings is 5. The van der Waals surface area contributed by atoms with Gasteiger partial charge in [0.1, 0.15) is 28.8 Å². The van der Waals surface area contributed by atoms with Crippen LogP contribution in [-0.4, -0.2) is 129 Å². The van der Waals surface area contributed by atoms with Crippen LogP contribution >= 0.6 is 11.6 Å². The minimum absolute atomic E-state index is 0. The zero-order valence-electron chi connectivity index (χ0n) is 64.2. The molecule has 11 aromatic rings. The molecule has 115 heavy (non-hydrogen) atoms. The van der Waals surface area contributed by atoms with Crippen molar-refractivity contribution < 1.29 is 95.4 Å². The second-order valence-electron chi connectivity index (χ2n) is 31.1. The number of fused-ring (bicyclic) bond motifs is 3.